The molecule has 0 unspecified atom stereocenters. The Hall–Kier alpha value is -3.18. The van der Waals surface area contributed by atoms with Gasteiger partial charge in [-0.25, -0.2) is 4.39 Å². The molecular formula is C21H15ClFN3O. The molecule has 4 aromatic rings. The van der Waals surface area contributed by atoms with Crippen LogP contribution in [0.25, 0.3) is 11.5 Å². The number of halogens is 2. The molecule has 4 rings (SSSR count). The van der Waals surface area contributed by atoms with Crippen molar-refractivity contribution in [3.8, 4) is 11.5 Å². The summed E-state index contributed by atoms with van der Waals surface area (Å²) in [7, 11) is 0. The summed E-state index contributed by atoms with van der Waals surface area (Å²) < 4.78 is 19.3. The molecular weight excluding hydrogens is 365 g/mol. The first-order valence-electron chi connectivity index (χ1n) is 8.35. The van der Waals surface area contributed by atoms with E-state index in [1.165, 1.54) is 12.1 Å². The van der Waals surface area contributed by atoms with Gasteiger partial charge in [0.2, 0.25) is 11.8 Å². The molecule has 0 aliphatic rings. The third-order valence-electron chi connectivity index (χ3n) is 4.05. The first-order chi connectivity index (χ1) is 13.2. The van der Waals surface area contributed by atoms with Gasteiger partial charge in [-0.15, -0.1) is 10.2 Å². The first-order valence-corrected chi connectivity index (χ1v) is 8.73. The van der Waals surface area contributed by atoms with E-state index in [0.717, 1.165) is 16.8 Å². The van der Waals surface area contributed by atoms with Gasteiger partial charge >= 0.3 is 0 Å². The summed E-state index contributed by atoms with van der Waals surface area (Å²) in [6.07, 6.45) is 0. The molecule has 0 aliphatic carbocycles. The van der Waals surface area contributed by atoms with Crippen LogP contribution in [0.3, 0.4) is 0 Å². The van der Waals surface area contributed by atoms with E-state index in [0.29, 0.717) is 16.8 Å². The molecule has 0 amide bonds. The van der Waals surface area contributed by atoms with Crippen molar-refractivity contribution in [3.63, 3.8) is 0 Å². The van der Waals surface area contributed by atoms with E-state index in [1.54, 1.807) is 24.3 Å². The fourth-order valence-corrected chi connectivity index (χ4v) is 2.93. The molecule has 0 aliphatic heterocycles. The molecule has 1 atom stereocenters. The third-order valence-corrected chi connectivity index (χ3v) is 4.28. The number of nitrogens with one attached hydrogen (secondary N) is 1. The highest BCUT2D eigenvalue weighted by atomic mass is 35.5. The summed E-state index contributed by atoms with van der Waals surface area (Å²) in [5.74, 6) is 0.488. The number of nitrogens with zero attached hydrogens (tertiary/aromatic N) is 2. The molecule has 0 radical (unpaired) electrons. The fourth-order valence-electron chi connectivity index (χ4n) is 2.74. The Morgan fingerprint density at radius 2 is 1.67 bits per heavy atom. The molecule has 1 N–H and O–H groups in total. The highest BCUT2D eigenvalue weighted by Crippen LogP contribution is 2.29. The Balaban J connectivity index is 1.71. The third kappa shape index (κ3) is 3.99. The number of benzene rings is 3. The lowest BCUT2D eigenvalue weighted by molar-refractivity contribution is 0.494. The Morgan fingerprint density at radius 3 is 2.41 bits per heavy atom. The van der Waals surface area contributed by atoms with Gasteiger partial charge in [0.15, 0.2) is 0 Å². The van der Waals surface area contributed by atoms with Crippen LogP contribution >= 0.6 is 11.6 Å². The second kappa shape index (κ2) is 7.60. The average Bonchev–Trinajstić information content (AvgIpc) is 3.18. The van der Waals surface area contributed by atoms with E-state index >= 15 is 0 Å². The van der Waals surface area contributed by atoms with Crippen LogP contribution in [0, 0.1) is 5.82 Å². The van der Waals surface area contributed by atoms with Gasteiger partial charge in [0.25, 0.3) is 0 Å². The van der Waals surface area contributed by atoms with Crippen molar-refractivity contribution in [2.45, 2.75) is 6.04 Å². The van der Waals surface area contributed by atoms with E-state index in [-0.39, 0.29) is 5.82 Å². The van der Waals surface area contributed by atoms with Gasteiger partial charge in [-0.05, 0) is 48.0 Å². The molecule has 1 aromatic heterocycles. The van der Waals surface area contributed by atoms with Gasteiger partial charge in [0.05, 0.1) is 0 Å². The van der Waals surface area contributed by atoms with E-state index in [2.05, 4.69) is 15.5 Å². The number of anilines is 1. The molecule has 1 heterocycles. The fraction of sp³-hybridized carbons (Fsp3) is 0.0476. The Labute approximate surface area is 160 Å². The summed E-state index contributed by atoms with van der Waals surface area (Å²) in [6.45, 7) is 0. The van der Waals surface area contributed by atoms with Gasteiger partial charge in [-0.3, -0.25) is 0 Å². The molecule has 27 heavy (non-hydrogen) atoms. The molecule has 0 saturated carbocycles. The van der Waals surface area contributed by atoms with Crippen LogP contribution in [0.4, 0.5) is 10.1 Å². The summed E-state index contributed by atoms with van der Waals surface area (Å²) in [4.78, 5) is 0. The number of hydrogen-bond donors (Lipinski definition) is 1. The van der Waals surface area contributed by atoms with Crippen molar-refractivity contribution in [2.75, 3.05) is 5.32 Å². The average molecular weight is 380 g/mol. The SMILES string of the molecule is Fc1ccc([C@H](Nc2cccc(Cl)c2)c2nnc(-c3ccccc3)o2)cc1. The van der Waals surface area contributed by atoms with E-state index in [9.17, 15) is 4.39 Å². The summed E-state index contributed by atoms with van der Waals surface area (Å²) in [5, 5.41) is 12.3. The molecule has 0 saturated heterocycles. The van der Waals surface area contributed by atoms with E-state index in [4.69, 9.17) is 16.0 Å². The van der Waals surface area contributed by atoms with Gasteiger partial charge in [0.1, 0.15) is 11.9 Å². The normalized spacial score (nSPS) is 11.9. The lowest BCUT2D eigenvalue weighted by atomic mass is 10.1. The van der Waals surface area contributed by atoms with Gasteiger partial charge in [0, 0.05) is 16.3 Å². The molecule has 0 bridgehead atoms. The summed E-state index contributed by atoms with van der Waals surface area (Å²) in [5.41, 5.74) is 2.41. The maximum absolute atomic E-state index is 13.4. The Kier molecular flexibility index (Phi) is 4.85. The van der Waals surface area contributed by atoms with Crippen molar-refractivity contribution in [1.82, 2.24) is 10.2 Å². The number of aromatic nitrogens is 2. The number of hydrogen-bond acceptors (Lipinski definition) is 4. The maximum Gasteiger partial charge on any atom is 0.247 e. The highest BCUT2D eigenvalue weighted by molar-refractivity contribution is 6.30. The van der Waals surface area contributed by atoms with Crippen molar-refractivity contribution in [3.05, 3.63) is 101 Å². The van der Waals surface area contributed by atoms with Crippen molar-refractivity contribution >= 4 is 17.3 Å². The monoisotopic (exact) mass is 379 g/mol. The molecule has 4 nitrogen and oxygen atoms in total. The lowest BCUT2D eigenvalue weighted by Gasteiger charge is -2.17. The predicted octanol–water partition coefficient (Wildman–Crippen LogP) is 5.73. The zero-order chi connectivity index (χ0) is 18.6. The van der Waals surface area contributed by atoms with Crippen LogP contribution in [-0.4, -0.2) is 10.2 Å². The minimum absolute atomic E-state index is 0.309. The molecule has 0 spiro atoms. The molecule has 0 fully saturated rings. The maximum atomic E-state index is 13.4. The molecule has 6 heteroatoms. The summed E-state index contributed by atoms with van der Waals surface area (Å²) >= 11 is 6.08. The van der Waals surface area contributed by atoms with Crippen molar-refractivity contribution < 1.29 is 8.81 Å². The zero-order valence-electron chi connectivity index (χ0n) is 14.1. The van der Waals surface area contributed by atoms with Crippen LogP contribution in [0.2, 0.25) is 5.02 Å². The quantitative estimate of drug-likeness (QED) is 0.481. The van der Waals surface area contributed by atoms with Crippen molar-refractivity contribution in [1.29, 1.82) is 0 Å². The topological polar surface area (TPSA) is 51.0 Å². The second-order valence-corrected chi connectivity index (χ2v) is 6.39. The van der Waals surface area contributed by atoms with Crippen LogP contribution < -0.4 is 5.32 Å². The smallest absolute Gasteiger partial charge is 0.247 e. The van der Waals surface area contributed by atoms with Gasteiger partial charge < -0.3 is 9.73 Å². The zero-order valence-corrected chi connectivity index (χ0v) is 14.9. The second-order valence-electron chi connectivity index (χ2n) is 5.95. The Morgan fingerprint density at radius 1 is 0.889 bits per heavy atom. The van der Waals surface area contributed by atoms with Crippen molar-refractivity contribution in [2.24, 2.45) is 0 Å². The molecule has 3 aromatic carbocycles. The highest BCUT2D eigenvalue weighted by Gasteiger charge is 2.21. The van der Waals surface area contributed by atoms with Crippen LogP contribution in [0.5, 0.6) is 0 Å². The summed E-state index contributed by atoms with van der Waals surface area (Å²) in [6, 6.07) is 22.6. The predicted molar refractivity (Wildman–Crippen MR) is 103 cm³/mol. The first kappa shape index (κ1) is 17.2. The van der Waals surface area contributed by atoms with E-state index in [1.807, 2.05) is 42.5 Å². The van der Waals surface area contributed by atoms with Crippen LogP contribution in [0.1, 0.15) is 17.5 Å². The van der Waals surface area contributed by atoms with Crippen LogP contribution in [-0.2, 0) is 0 Å². The van der Waals surface area contributed by atoms with E-state index < -0.39 is 6.04 Å². The Bertz CT molecular complexity index is 1030. The van der Waals surface area contributed by atoms with Gasteiger partial charge in [-0.1, -0.05) is 48.0 Å². The van der Waals surface area contributed by atoms with Gasteiger partial charge in [-0.2, -0.15) is 0 Å². The van der Waals surface area contributed by atoms with Crippen LogP contribution in [0.15, 0.2) is 83.3 Å². The minimum Gasteiger partial charge on any atom is -0.418 e. The standard InChI is InChI=1S/C21H15ClFN3O/c22-16-7-4-8-18(13-16)24-19(14-9-11-17(23)12-10-14)21-26-25-20(27-21)15-5-2-1-3-6-15/h1-13,19,24H/t19-/m0/s1. The largest absolute Gasteiger partial charge is 0.418 e. The minimum atomic E-state index is -0.450. The lowest BCUT2D eigenvalue weighted by Crippen LogP contribution is -2.13. The molecule has 134 valence electrons. The number of rotatable bonds is 5.